The lowest BCUT2D eigenvalue weighted by atomic mass is 10.2. The number of pyridine rings is 1. The molecule has 0 fully saturated rings. The summed E-state index contributed by atoms with van der Waals surface area (Å²) in [6.07, 6.45) is 2.40. The Bertz CT molecular complexity index is 384. The van der Waals surface area contributed by atoms with Crippen LogP contribution in [0.3, 0.4) is 0 Å². The maximum atomic E-state index is 11.4. The van der Waals surface area contributed by atoms with Gasteiger partial charge in [0.2, 0.25) is 0 Å². The molecule has 18 heavy (non-hydrogen) atoms. The van der Waals surface area contributed by atoms with E-state index in [1.54, 1.807) is 26.4 Å². The fourth-order valence-electron chi connectivity index (χ4n) is 1.52. The molecule has 6 heteroatoms. The van der Waals surface area contributed by atoms with Gasteiger partial charge in [-0.3, -0.25) is 9.78 Å². The summed E-state index contributed by atoms with van der Waals surface area (Å²) in [5, 5.41) is 5.79. The Morgan fingerprint density at radius 2 is 2.39 bits per heavy atom. The Kier molecular flexibility index (Phi) is 6.10. The summed E-state index contributed by atoms with van der Waals surface area (Å²) in [5.74, 6) is -0.208. The van der Waals surface area contributed by atoms with Gasteiger partial charge >= 0.3 is 0 Å². The van der Waals surface area contributed by atoms with Gasteiger partial charge in [-0.1, -0.05) is 0 Å². The fraction of sp³-hybridized carbons (Fsp3) is 0.500. The van der Waals surface area contributed by atoms with Crippen LogP contribution in [-0.4, -0.2) is 44.2 Å². The van der Waals surface area contributed by atoms with Crippen LogP contribution in [0.2, 0.25) is 0 Å². The highest BCUT2D eigenvalue weighted by atomic mass is 16.5. The number of carbonyl (C=O) groups excluding carboxylic acids is 1. The monoisotopic (exact) mass is 252 g/mol. The zero-order valence-corrected chi connectivity index (χ0v) is 10.8. The SMILES string of the molecule is CNC(=O)c1cc(NC(CN)CCOC)ccn1. The molecule has 1 heterocycles. The minimum absolute atomic E-state index is 0.116. The highest BCUT2D eigenvalue weighted by Crippen LogP contribution is 2.10. The van der Waals surface area contributed by atoms with Crippen molar-refractivity contribution >= 4 is 11.6 Å². The van der Waals surface area contributed by atoms with Gasteiger partial charge in [-0.25, -0.2) is 0 Å². The Labute approximate surface area is 107 Å². The van der Waals surface area contributed by atoms with Crippen molar-refractivity contribution < 1.29 is 9.53 Å². The maximum Gasteiger partial charge on any atom is 0.269 e. The van der Waals surface area contributed by atoms with E-state index in [9.17, 15) is 4.79 Å². The van der Waals surface area contributed by atoms with Gasteiger partial charge in [-0.15, -0.1) is 0 Å². The number of methoxy groups -OCH3 is 1. The first kappa shape index (κ1) is 14.4. The second-order valence-corrected chi connectivity index (χ2v) is 3.87. The highest BCUT2D eigenvalue weighted by molar-refractivity contribution is 5.92. The number of aromatic nitrogens is 1. The van der Waals surface area contributed by atoms with E-state index in [1.165, 1.54) is 0 Å². The molecule has 1 atom stereocenters. The van der Waals surface area contributed by atoms with E-state index in [2.05, 4.69) is 15.6 Å². The Morgan fingerprint density at radius 3 is 3.00 bits per heavy atom. The maximum absolute atomic E-state index is 11.4. The van der Waals surface area contributed by atoms with Gasteiger partial charge in [0.25, 0.3) is 5.91 Å². The molecule has 0 aliphatic rings. The van der Waals surface area contributed by atoms with Gasteiger partial charge < -0.3 is 21.1 Å². The first-order valence-electron chi connectivity index (χ1n) is 5.85. The van der Waals surface area contributed by atoms with Crippen LogP contribution in [0.5, 0.6) is 0 Å². The third-order valence-corrected chi connectivity index (χ3v) is 2.55. The van der Waals surface area contributed by atoms with Crippen LogP contribution in [0, 0.1) is 0 Å². The quantitative estimate of drug-likeness (QED) is 0.646. The van der Waals surface area contributed by atoms with E-state index in [4.69, 9.17) is 10.5 Å². The first-order chi connectivity index (χ1) is 8.71. The number of ether oxygens (including phenoxy) is 1. The third kappa shape index (κ3) is 4.31. The molecule has 0 radical (unpaired) electrons. The smallest absolute Gasteiger partial charge is 0.269 e. The molecular weight excluding hydrogens is 232 g/mol. The molecule has 4 N–H and O–H groups in total. The predicted molar refractivity (Wildman–Crippen MR) is 70.6 cm³/mol. The molecule has 0 spiro atoms. The van der Waals surface area contributed by atoms with Crippen molar-refractivity contribution in [3.05, 3.63) is 24.0 Å². The molecular formula is C12H20N4O2. The van der Waals surface area contributed by atoms with Crippen LogP contribution < -0.4 is 16.4 Å². The normalized spacial score (nSPS) is 11.9. The minimum atomic E-state index is -0.208. The van der Waals surface area contributed by atoms with E-state index >= 15 is 0 Å². The second kappa shape index (κ2) is 7.62. The number of amides is 1. The molecule has 1 unspecified atom stereocenters. The number of hydrogen-bond acceptors (Lipinski definition) is 5. The van der Waals surface area contributed by atoms with Crippen molar-refractivity contribution in [2.75, 3.05) is 32.6 Å². The lowest BCUT2D eigenvalue weighted by Gasteiger charge is -2.17. The molecule has 1 aromatic heterocycles. The average molecular weight is 252 g/mol. The lowest BCUT2D eigenvalue weighted by Crippen LogP contribution is -2.30. The summed E-state index contributed by atoms with van der Waals surface area (Å²) in [5.41, 5.74) is 6.88. The van der Waals surface area contributed by atoms with Crippen LogP contribution in [0.1, 0.15) is 16.9 Å². The molecule has 0 aliphatic heterocycles. The average Bonchev–Trinajstić information content (AvgIpc) is 2.42. The van der Waals surface area contributed by atoms with Crippen LogP contribution in [-0.2, 0) is 4.74 Å². The number of nitrogens with zero attached hydrogens (tertiary/aromatic N) is 1. The molecule has 1 rings (SSSR count). The molecule has 0 saturated heterocycles. The van der Waals surface area contributed by atoms with Crippen LogP contribution >= 0.6 is 0 Å². The van der Waals surface area contributed by atoms with Crippen molar-refractivity contribution in [3.63, 3.8) is 0 Å². The summed E-state index contributed by atoms with van der Waals surface area (Å²) < 4.78 is 5.02. The first-order valence-corrected chi connectivity index (χ1v) is 5.85. The molecule has 0 saturated carbocycles. The van der Waals surface area contributed by atoms with Gasteiger partial charge in [0, 0.05) is 45.2 Å². The summed E-state index contributed by atoms with van der Waals surface area (Å²) in [6.45, 7) is 1.14. The van der Waals surface area contributed by atoms with E-state index in [-0.39, 0.29) is 11.9 Å². The van der Waals surface area contributed by atoms with E-state index < -0.39 is 0 Å². The zero-order chi connectivity index (χ0) is 13.4. The third-order valence-electron chi connectivity index (χ3n) is 2.55. The second-order valence-electron chi connectivity index (χ2n) is 3.87. The minimum Gasteiger partial charge on any atom is -0.385 e. The van der Waals surface area contributed by atoms with E-state index in [1.807, 2.05) is 6.07 Å². The van der Waals surface area contributed by atoms with Crippen molar-refractivity contribution in [1.82, 2.24) is 10.3 Å². The number of anilines is 1. The van der Waals surface area contributed by atoms with Gasteiger partial charge in [0.05, 0.1) is 0 Å². The molecule has 0 aliphatic carbocycles. The van der Waals surface area contributed by atoms with Crippen LogP contribution in [0.4, 0.5) is 5.69 Å². The van der Waals surface area contributed by atoms with Crippen LogP contribution in [0.25, 0.3) is 0 Å². The van der Waals surface area contributed by atoms with E-state index in [0.717, 1.165) is 12.1 Å². The number of nitrogens with two attached hydrogens (primary N) is 1. The zero-order valence-electron chi connectivity index (χ0n) is 10.8. The molecule has 100 valence electrons. The molecule has 1 amide bonds. The van der Waals surface area contributed by atoms with Gasteiger partial charge in [0.15, 0.2) is 0 Å². The summed E-state index contributed by atoms with van der Waals surface area (Å²) in [4.78, 5) is 15.4. The Hall–Kier alpha value is -1.66. The van der Waals surface area contributed by atoms with E-state index in [0.29, 0.717) is 18.8 Å². The largest absolute Gasteiger partial charge is 0.385 e. The molecule has 1 aromatic rings. The van der Waals surface area contributed by atoms with Crippen LogP contribution in [0.15, 0.2) is 18.3 Å². The standard InChI is InChI=1S/C12H20N4O2/c1-14-12(17)11-7-9(3-5-15-11)16-10(8-13)4-6-18-2/h3,5,7,10H,4,6,8,13H2,1-2H3,(H,14,17)(H,15,16). The van der Waals surface area contributed by atoms with Crippen molar-refractivity contribution in [3.8, 4) is 0 Å². The topological polar surface area (TPSA) is 89.3 Å². The van der Waals surface area contributed by atoms with Crippen molar-refractivity contribution in [2.24, 2.45) is 5.73 Å². The number of nitrogens with one attached hydrogen (secondary N) is 2. The Balaban J connectivity index is 2.68. The number of hydrogen-bond donors (Lipinski definition) is 3. The van der Waals surface area contributed by atoms with Gasteiger partial charge in [-0.2, -0.15) is 0 Å². The Morgan fingerprint density at radius 1 is 1.61 bits per heavy atom. The van der Waals surface area contributed by atoms with Crippen molar-refractivity contribution in [1.29, 1.82) is 0 Å². The molecule has 0 bridgehead atoms. The van der Waals surface area contributed by atoms with Gasteiger partial charge in [-0.05, 0) is 18.6 Å². The fourth-order valence-corrected chi connectivity index (χ4v) is 1.52. The summed E-state index contributed by atoms with van der Waals surface area (Å²) in [7, 11) is 3.23. The summed E-state index contributed by atoms with van der Waals surface area (Å²) in [6, 6.07) is 3.63. The molecule has 6 nitrogen and oxygen atoms in total. The van der Waals surface area contributed by atoms with Crippen molar-refractivity contribution in [2.45, 2.75) is 12.5 Å². The summed E-state index contributed by atoms with van der Waals surface area (Å²) >= 11 is 0. The molecule has 0 aromatic carbocycles. The predicted octanol–water partition coefficient (Wildman–Crippen LogP) is 0.217. The number of carbonyl (C=O) groups is 1. The highest BCUT2D eigenvalue weighted by Gasteiger charge is 2.09. The number of rotatable bonds is 7. The lowest BCUT2D eigenvalue weighted by molar-refractivity contribution is 0.0958. The van der Waals surface area contributed by atoms with Gasteiger partial charge in [0.1, 0.15) is 5.69 Å².